The molecule has 1 aromatic heterocycles. The van der Waals surface area contributed by atoms with E-state index >= 15 is 0 Å². The fourth-order valence-electron chi connectivity index (χ4n) is 2.04. The summed E-state index contributed by atoms with van der Waals surface area (Å²) in [7, 11) is 0. The molecule has 0 saturated carbocycles. The molecule has 1 N–H and O–H groups in total. The largest absolute Gasteiger partial charge is 0.348 e. The van der Waals surface area contributed by atoms with Crippen molar-refractivity contribution < 1.29 is 4.79 Å². The standard InChI is InChI=1S/C15H24BrN3O/c1-4-19(5-2)10-6-7-12(3)18-15(20)14-9-8-13(16)11-17-14/h8-9,11-12H,4-7,10H2,1-3H3,(H,18,20). The molecule has 1 aromatic rings. The van der Waals surface area contributed by atoms with Gasteiger partial charge in [-0.15, -0.1) is 0 Å². The molecular formula is C15H24BrN3O. The molecule has 4 nitrogen and oxygen atoms in total. The molecule has 1 unspecified atom stereocenters. The van der Waals surface area contributed by atoms with Crippen LogP contribution >= 0.6 is 15.9 Å². The van der Waals surface area contributed by atoms with Gasteiger partial charge in [0.05, 0.1) is 0 Å². The summed E-state index contributed by atoms with van der Waals surface area (Å²) >= 11 is 3.31. The molecule has 20 heavy (non-hydrogen) atoms. The van der Waals surface area contributed by atoms with Crippen LogP contribution in [0.25, 0.3) is 0 Å². The Morgan fingerprint density at radius 2 is 2.10 bits per heavy atom. The lowest BCUT2D eigenvalue weighted by Gasteiger charge is -2.19. The lowest BCUT2D eigenvalue weighted by molar-refractivity contribution is 0.0932. The van der Waals surface area contributed by atoms with Crippen molar-refractivity contribution in [2.45, 2.75) is 39.7 Å². The summed E-state index contributed by atoms with van der Waals surface area (Å²) in [5, 5.41) is 2.99. The Hall–Kier alpha value is -0.940. The molecular weight excluding hydrogens is 318 g/mol. The van der Waals surface area contributed by atoms with Gasteiger partial charge in [0, 0.05) is 16.7 Å². The zero-order valence-electron chi connectivity index (χ0n) is 12.5. The maximum absolute atomic E-state index is 12.0. The molecule has 0 saturated heterocycles. The summed E-state index contributed by atoms with van der Waals surface area (Å²) in [6, 6.07) is 3.72. The second kappa shape index (κ2) is 9.08. The molecule has 112 valence electrons. The highest BCUT2D eigenvalue weighted by Crippen LogP contribution is 2.08. The Bertz CT molecular complexity index is 404. The number of hydrogen-bond donors (Lipinski definition) is 1. The van der Waals surface area contributed by atoms with E-state index in [0.29, 0.717) is 5.69 Å². The minimum atomic E-state index is -0.104. The van der Waals surface area contributed by atoms with Gasteiger partial charge in [-0.25, -0.2) is 4.98 Å². The smallest absolute Gasteiger partial charge is 0.270 e. The predicted octanol–water partition coefficient (Wildman–Crippen LogP) is 3.08. The molecule has 5 heteroatoms. The lowest BCUT2D eigenvalue weighted by atomic mass is 10.1. The molecule has 1 heterocycles. The summed E-state index contributed by atoms with van der Waals surface area (Å²) in [6.45, 7) is 9.64. The number of rotatable bonds is 8. The van der Waals surface area contributed by atoms with Crippen molar-refractivity contribution in [2.75, 3.05) is 19.6 Å². The molecule has 0 radical (unpaired) electrons. The van der Waals surface area contributed by atoms with Crippen LogP contribution in [0.5, 0.6) is 0 Å². The van der Waals surface area contributed by atoms with E-state index in [9.17, 15) is 4.79 Å². The second-order valence-electron chi connectivity index (χ2n) is 4.91. The van der Waals surface area contributed by atoms with E-state index < -0.39 is 0 Å². The number of carbonyl (C=O) groups is 1. The van der Waals surface area contributed by atoms with Crippen molar-refractivity contribution in [1.82, 2.24) is 15.2 Å². The maximum Gasteiger partial charge on any atom is 0.270 e. The van der Waals surface area contributed by atoms with E-state index in [4.69, 9.17) is 0 Å². The van der Waals surface area contributed by atoms with Crippen molar-refractivity contribution in [3.63, 3.8) is 0 Å². The van der Waals surface area contributed by atoms with Crippen molar-refractivity contribution in [1.29, 1.82) is 0 Å². The average Bonchev–Trinajstić information content (AvgIpc) is 2.44. The number of carbonyl (C=O) groups excluding carboxylic acids is 1. The predicted molar refractivity (Wildman–Crippen MR) is 85.9 cm³/mol. The Labute approximate surface area is 130 Å². The molecule has 0 bridgehead atoms. The quantitative estimate of drug-likeness (QED) is 0.790. The SMILES string of the molecule is CCN(CC)CCCC(C)NC(=O)c1ccc(Br)cn1. The van der Waals surface area contributed by atoms with E-state index in [0.717, 1.165) is 36.9 Å². The van der Waals surface area contributed by atoms with Crippen LogP contribution in [0.4, 0.5) is 0 Å². The Morgan fingerprint density at radius 3 is 2.65 bits per heavy atom. The van der Waals surface area contributed by atoms with Crippen LogP contribution in [0, 0.1) is 0 Å². The van der Waals surface area contributed by atoms with Crippen LogP contribution in [-0.2, 0) is 0 Å². The van der Waals surface area contributed by atoms with Gasteiger partial charge in [0.2, 0.25) is 0 Å². The van der Waals surface area contributed by atoms with Crippen LogP contribution in [0.2, 0.25) is 0 Å². The van der Waals surface area contributed by atoms with Gasteiger partial charge in [0.15, 0.2) is 0 Å². The third-order valence-corrected chi connectivity index (χ3v) is 3.81. The Morgan fingerprint density at radius 1 is 1.40 bits per heavy atom. The third kappa shape index (κ3) is 6.01. The first-order valence-corrected chi connectivity index (χ1v) is 8.00. The minimum absolute atomic E-state index is 0.104. The topological polar surface area (TPSA) is 45.2 Å². The van der Waals surface area contributed by atoms with Crippen molar-refractivity contribution in [3.8, 4) is 0 Å². The third-order valence-electron chi connectivity index (χ3n) is 3.34. The molecule has 1 rings (SSSR count). The first-order valence-electron chi connectivity index (χ1n) is 7.21. The van der Waals surface area contributed by atoms with Gasteiger partial charge in [-0.05, 0) is 67.5 Å². The summed E-state index contributed by atoms with van der Waals surface area (Å²) in [6.07, 6.45) is 3.72. The molecule has 1 atom stereocenters. The Balaban J connectivity index is 2.33. The first kappa shape index (κ1) is 17.1. The van der Waals surface area contributed by atoms with Gasteiger partial charge in [0.1, 0.15) is 5.69 Å². The molecule has 0 aliphatic rings. The summed E-state index contributed by atoms with van der Waals surface area (Å²) in [5.41, 5.74) is 0.462. The highest BCUT2D eigenvalue weighted by Gasteiger charge is 2.11. The summed E-state index contributed by atoms with van der Waals surface area (Å²) in [5.74, 6) is -0.104. The average molecular weight is 342 g/mol. The molecule has 0 aromatic carbocycles. The maximum atomic E-state index is 12.0. The lowest BCUT2D eigenvalue weighted by Crippen LogP contribution is -2.34. The highest BCUT2D eigenvalue weighted by atomic mass is 79.9. The fraction of sp³-hybridized carbons (Fsp3) is 0.600. The van der Waals surface area contributed by atoms with Crippen LogP contribution < -0.4 is 5.32 Å². The van der Waals surface area contributed by atoms with Crippen molar-refractivity contribution >= 4 is 21.8 Å². The molecule has 0 fully saturated rings. The molecule has 0 aliphatic carbocycles. The van der Waals surface area contributed by atoms with Gasteiger partial charge in [-0.1, -0.05) is 13.8 Å². The second-order valence-corrected chi connectivity index (χ2v) is 5.82. The number of pyridine rings is 1. The normalized spacial score (nSPS) is 12.4. The monoisotopic (exact) mass is 341 g/mol. The number of halogens is 1. The van der Waals surface area contributed by atoms with E-state index in [1.54, 1.807) is 12.3 Å². The zero-order valence-corrected chi connectivity index (χ0v) is 14.1. The summed E-state index contributed by atoms with van der Waals surface area (Å²) in [4.78, 5) is 18.5. The van der Waals surface area contributed by atoms with Gasteiger partial charge in [-0.3, -0.25) is 4.79 Å². The fourth-order valence-corrected chi connectivity index (χ4v) is 2.28. The molecule has 0 aliphatic heterocycles. The van der Waals surface area contributed by atoms with Gasteiger partial charge in [0.25, 0.3) is 5.91 Å². The Kier molecular flexibility index (Phi) is 7.77. The van der Waals surface area contributed by atoms with Gasteiger partial charge < -0.3 is 10.2 Å². The molecule has 1 amide bonds. The van der Waals surface area contributed by atoms with E-state index in [-0.39, 0.29) is 11.9 Å². The van der Waals surface area contributed by atoms with Crippen LogP contribution in [0.15, 0.2) is 22.8 Å². The van der Waals surface area contributed by atoms with Gasteiger partial charge >= 0.3 is 0 Å². The van der Waals surface area contributed by atoms with E-state index in [2.05, 4.69) is 45.0 Å². The number of aromatic nitrogens is 1. The highest BCUT2D eigenvalue weighted by molar-refractivity contribution is 9.10. The zero-order chi connectivity index (χ0) is 15.0. The number of amides is 1. The van der Waals surface area contributed by atoms with Crippen LogP contribution in [0.3, 0.4) is 0 Å². The van der Waals surface area contributed by atoms with Crippen molar-refractivity contribution in [2.24, 2.45) is 0 Å². The van der Waals surface area contributed by atoms with E-state index in [1.165, 1.54) is 0 Å². The number of hydrogen-bond acceptors (Lipinski definition) is 3. The summed E-state index contributed by atoms with van der Waals surface area (Å²) < 4.78 is 0.876. The van der Waals surface area contributed by atoms with Crippen molar-refractivity contribution in [3.05, 3.63) is 28.5 Å². The van der Waals surface area contributed by atoms with Crippen LogP contribution in [-0.4, -0.2) is 41.5 Å². The molecule has 0 spiro atoms. The van der Waals surface area contributed by atoms with Crippen LogP contribution in [0.1, 0.15) is 44.1 Å². The minimum Gasteiger partial charge on any atom is -0.348 e. The number of nitrogens with one attached hydrogen (secondary N) is 1. The van der Waals surface area contributed by atoms with E-state index in [1.807, 2.05) is 13.0 Å². The van der Waals surface area contributed by atoms with Gasteiger partial charge in [-0.2, -0.15) is 0 Å². The first-order chi connectivity index (χ1) is 9.56. The number of nitrogens with zero attached hydrogens (tertiary/aromatic N) is 2.